The van der Waals surface area contributed by atoms with Crippen molar-refractivity contribution in [3.05, 3.63) is 82.4 Å². The molecule has 0 heterocycles. The number of rotatable bonds is 12. The molecule has 2 amide bonds. The van der Waals surface area contributed by atoms with Crippen molar-refractivity contribution in [3.8, 4) is 11.5 Å². The van der Waals surface area contributed by atoms with E-state index in [4.69, 9.17) is 21.1 Å². The van der Waals surface area contributed by atoms with Gasteiger partial charge in [0, 0.05) is 24.2 Å². The Morgan fingerprint density at radius 1 is 0.927 bits per heavy atom. The summed E-state index contributed by atoms with van der Waals surface area (Å²) >= 11 is 6.04. The molecule has 0 aliphatic carbocycles. The van der Waals surface area contributed by atoms with Gasteiger partial charge < -0.3 is 19.7 Å². The van der Waals surface area contributed by atoms with Gasteiger partial charge in [0.15, 0.2) is 11.5 Å². The summed E-state index contributed by atoms with van der Waals surface area (Å²) in [6.45, 7) is 7.01. The first kappa shape index (κ1) is 31.8. The van der Waals surface area contributed by atoms with Gasteiger partial charge in [-0.15, -0.1) is 0 Å². The summed E-state index contributed by atoms with van der Waals surface area (Å²) in [5, 5.41) is 3.28. The minimum atomic E-state index is -4.28. The fraction of sp³-hybridized carbons (Fsp3) is 0.333. The van der Waals surface area contributed by atoms with Crippen LogP contribution >= 0.6 is 11.6 Å². The largest absolute Gasteiger partial charge is 0.493 e. The zero-order valence-corrected chi connectivity index (χ0v) is 25.7. The minimum absolute atomic E-state index is 0.0748. The second-order valence-corrected chi connectivity index (χ2v) is 11.9. The molecule has 220 valence electrons. The van der Waals surface area contributed by atoms with Crippen molar-refractivity contribution in [1.82, 2.24) is 10.2 Å². The van der Waals surface area contributed by atoms with Gasteiger partial charge in [-0.3, -0.25) is 13.9 Å². The molecule has 0 aromatic heterocycles. The Morgan fingerprint density at radius 3 is 2.10 bits per heavy atom. The summed E-state index contributed by atoms with van der Waals surface area (Å²) in [7, 11) is -1.41. The number of halogens is 1. The number of hydrogen-bond donors (Lipinski definition) is 1. The van der Waals surface area contributed by atoms with Crippen LogP contribution in [0.25, 0.3) is 0 Å². The molecule has 1 N–H and O–H groups in total. The minimum Gasteiger partial charge on any atom is -0.493 e. The summed E-state index contributed by atoms with van der Waals surface area (Å²) in [5.41, 5.74) is 2.71. The van der Waals surface area contributed by atoms with E-state index in [1.165, 1.54) is 37.3 Å². The lowest BCUT2D eigenvalue weighted by Gasteiger charge is -2.32. The van der Waals surface area contributed by atoms with Crippen molar-refractivity contribution in [3.63, 3.8) is 0 Å². The Hall–Kier alpha value is -3.76. The monoisotopic (exact) mass is 601 g/mol. The average molecular weight is 602 g/mol. The van der Waals surface area contributed by atoms with E-state index in [0.717, 1.165) is 21.0 Å². The topological polar surface area (TPSA) is 105 Å². The van der Waals surface area contributed by atoms with E-state index in [2.05, 4.69) is 5.32 Å². The third-order valence-electron chi connectivity index (χ3n) is 6.50. The lowest BCUT2D eigenvalue weighted by Crippen LogP contribution is -2.51. The number of likely N-dealkylation sites (N-methyl/N-ethyl adjacent to an activating group) is 1. The predicted octanol–water partition coefficient (Wildman–Crippen LogP) is 4.72. The molecule has 1 atom stereocenters. The fourth-order valence-corrected chi connectivity index (χ4v) is 5.96. The molecule has 0 aliphatic rings. The number of carbonyl (C=O) groups excluding carboxylic acids is 2. The molecule has 41 heavy (non-hydrogen) atoms. The van der Waals surface area contributed by atoms with Crippen molar-refractivity contribution in [2.24, 2.45) is 0 Å². The number of carbonyl (C=O) groups is 2. The Balaban J connectivity index is 2.10. The van der Waals surface area contributed by atoms with Crippen molar-refractivity contribution in [1.29, 1.82) is 0 Å². The molecule has 0 bridgehead atoms. The zero-order chi connectivity index (χ0) is 30.3. The molecule has 0 aliphatic heterocycles. The van der Waals surface area contributed by atoms with Gasteiger partial charge in [0.1, 0.15) is 12.6 Å². The lowest BCUT2D eigenvalue weighted by atomic mass is 10.1. The van der Waals surface area contributed by atoms with E-state index in [1.807, 2.05) is 19.9 Å². The molecule has 0 spiro atoms. The van der Waals surface area contributed by atoms with E-state index in [0.29, 0.717) is 23.0 Å². The van der Waals surface area contributed by atoms with Crippen LogP contribution in [0.5, 0.6) is 11.5 Å². The highest BCUT2D eigenvalue weighted by Crippen LogP contribution is 2.33. The number of hydrogen-bond acceptors (Lipinski definition) is 6. The van der Waals surface area contributed by atoms with Crippen LogP contribution in [0, 0.1) is 13.8 Å². The maximum atomic E-state index is 14.1. The number of sulfonamides is 1. The number of aryl methyl sites for hydroxylation is 2. The van der Waals surface area contributed by atoms with Gasteiger partial charge in [-0.25, -0.2) is 8.42 Å². The van der Waals surface area contributed by atoms with Crippen molar-refractivity contribution in [2.75, 3.05) is 31.6 Å². The van der Waals surface area contributed by atoms with Gasteiger partial charge in [-0.2, -0.15) is 0 Å². The van der Waals surface area contributed by atoms with Crippen LogP contribution in [-0.2, 0) is 26.2 Å². The molecular weight excluding hydrogens is 566 g/mol. The maximum Gasteiger partial charge on any atom is 0.264 e. The van der Waals surface area contributed by atoms with E-state index < -0.39 is 28.5 Å². The highest BCUT2D eigenvalue weighted by atomic mass is 35.5. The third kappa shape index (κ3) is 7.71. The number of nitrogens with zero attached hydrogens (tertiary/aromatic N) is 2. The number of anilines is 1. The second-order valence-electron chi connectivity index (χ2n) is 9.59. The number of benzene rings is 3. The van der Waals surface area contributed by atoms with Crippen LogP contribution in [0.3, 0.4) is 0 Å². The number of amides is 2. The molecule has 3 rings (SSSR count). The molecule has 0 saturated heterocycles. The van der Waals surface area contributed by atoms with Gasteiger partial charge >= 0.3 is 0 Å². The van der Waals surface area contributed by atoms with Crippen molar-refractivity contribution >= 4 is 39.1 Å². The molecule has 0 fully saturated rings. The van der Waals surface area contributed by atoms with Gasteiger partial charge in [-0.05, 0) is 80.8 Å². The number of ether oxygens (including phenoxy) is 2. The predicted molar refractivity (Wildman–Crippen MR) is 160 cm³/mol. The Bertz CT molecular complexity index is 1470. The Labute approximate surface area is 247 Å². The molecule has 1 unspecified atom stereocenters. The molecular formula is C30H36ClN3O6S. The van der Waals surface area contributed by atoms with Crippen LogP contribution in [0.1, 0.15) is 30.5 Å². The summed E-state index contributed by atoms with van der Waals surface area (Å²) in [6, 6.07) is 15.6. The van der Waals surface area contributed by atoms with Gasteiger partial charge in [0.2, 0.25) is 11.8 Å². The highest BCUT2D eigenvalue weighted by Gasteiger charge is 2.33. The quantitative estimate of drug-likeness (QED) is 0.322. The lowest BCUT2D eigenvalue weighted by molar-refractivity contribution is -0.139. The van der Waals surface area contributed by atoms with Crippen molar-refractivity contribution in [2.45, 2.75) is 45.2 Å². The van der Waals surface area contributed by atoms with Gasteiger partial charge in [0.25, 0.3) is 10.0 Å². The first-order valence-electron chi connectivity index (χ1n) is 13.1. The van der Waals surface area contributed by atoms with E-state index >= 15 is 0 Å². The van der Waals surface area contributed by atoms with Crippen LogP contribution in [0.2, 0.25) is 5.02 Å². The average Bonchev–Trinajstić information content (AvgIpc) is 2.94. The van der Waals surface area contributed by atoms with Gasteiger partial charge in [0.05, 0.1) is 24.8 Å². The van der Waals surface area contributed by atoms with E-state index in [9.17, 15) is 18.0 Å². The van der Waals surface area contributed by atoms with Crippen LogP contribution in [-0.4, -0.2) is 58.5 Å². The SMILES string of the molecule is CCNC(=O)C(C)N(Cc1ccc(Cl)cc1)C(=O)CN(c1cc(C)cc(C)c1)S(=O)(=O)c1ccc(OC)c(OC)c1. The van der Waals surface area contributed by atoms with Crippen molar-refractivity contribution < 1.29 is 27.5 Å². The summed E-state index contributed by atoms with van der Waals surface area (Å²) in [5.74, 6) is -0.308. The molecule has 3 aromatic carbocycles. The molecule has 0 saturated carbocycles. The molecule has 0 radical (unpaired) electrons. The van der Waals surface area contributed by atoms with E-state index in [1.54, 1.807) is 50.2 Å². The maximum absolute atomic E-state index is 14.1. The number of nitrogens with one attached hydrogen (secondary N) is 1. The third-order valence-corrected chi connectivity index (χ3v) is 8.52. The number of methoxy groups -OCH3 is 2. The Morgan fingerprint density at radius 2 is 1.54 bits per heavy atom. The molecule has 11 heteroatoms. The summed E-state index contributed by atoms with van der Waals surface area (Å²) in [4.78, 5) is 28.1. The van der Waals surface area contributed by atoms with E-state index in [-0.39, 0.29) is 23.1 Å². The fourth-order valence-electron chi connectivity index (χ4n) is 4.42. The second kappa shape index (κ2) is 13.7. The summed E-state index contributed by atoms with van der Waals surface area (Å²) < 4.78 is 40.0. The van der Waals surface area contributed by atoms with Crippen LogP contribution in [0.4, 0.5) is 5.69 Å². The first-order valence-corrected chi connectivity index (χ1v) is 14.9. The smallest absolute Gasteiger partial charge is 0.264 e. The first-order chi connectivity index (χ1) is 19.4. The molecule has 9 nitrogen and oxygen atoms in total. The summed E-state index contributed by atoms with van der Waals surface area (Å²) in [6.07, 6.45) is 0. The van der Waals surface area contributed by atoms with Crippen LogP contribution in [0.15, 0.2) is 65.6 Å². The Kier molecular flexibility index (Phi) is 10.6. The highest BCUT2D eigenvalue weighted by molar-refractivity contribution is 7.92. The molecule has 3 aromatic rings. The van der Waals surface area contributed by atoms with Crippen LogP contribution < -0.4 is 19.1 Å². The zero-order valence-electron chi connectivity index (χ0n) is 24.1. The normalized spacial score (nSPS) is 11.9. The van der Waals surface area contributed by atoms with Gasteiger partial charge in [-0.1, -0.05) is 29.8 Å². The standard InChI is InChI=1S/C30H36ClN3O6S/c1-7-32-30(36)22(4)33(18-23-8-10-24(31)11-9-23)29(35)19-34(25-15-20(2)14-21(3)16-25)41(37,38)26-12-13-27(39-5)28(17-26)40-6/h8-17,22H,7,18-19H2,1-6H3,(H,32,36).